The molecule has 18 heavy (non-hydrogen) atoms. The fourth-order valence-electron chi connectivity index (χ4n) is 1.78. The summed E-state index contributed by atoms with van der Waals surface area (Å²) >= 11 is 0. The van der Waals surface area contributed by atoms with Gasteiger partial charge >= 0.3 is 0 Å². The van der Waals surface area contributed by atoms with Gasteiger partial charge in [0.1, 0.15) is 5.75 Å². The normalized spacial score (nSPS) is 10.3. The third-order valence-electron chi connectivity index (χ3n) is 2.93. The van der Waals surface area contributed by atoms with Gasteiger partial charge in [-0.2, -0.15) is 0 Å². The molecule has 0 N–H and O–H groups in total. The Morgan fingerprint density at radius 3 is 2.44 bits per heavy atom. The zero-order valence-electron chi connectivity index (χ0n) is 10.8. The van der Waals surface area contributed by atoms with Crippen LogP contribution in [0.15, 0.2) is 48.5 Å². The number of methoxy groups -OCH3 is 1. The van der Waals surface area contributed by atoms with Crippen LogP contribution in [0.1, 0.15) is 16.7 Å². The van der Waals surface area contributed by atoms with Gasteiger partial charge in [-0.1, -0.05) is 36.4 Å². The van der Waals surface area contributed by atoms with E-state index in [1.807, 2.05) is 30.3 Å². The van der Waals surface area contributed by atoms with Gasteiger partial charge in [0.15, 0.2) is 0 Å². The lowest BCUT2D eigenvalue weighted by molar-refractivity contribution is 0.106. The summed E-state index contributed by atoms with van der Waals surface area (Å²) in [6.45, 7) is 3.33. The highest BCUT2D eigenvalue weighted by atomic mass is 16.5. The molecule has 2 rings (SSSR count). The lowest BCUT2D eigenvalue weighted by Gasteiger charge is -2.09. The fraction of sp³-hybridized carbons (Fsp3) is 0.250. The zero-order chi connectivity index (χ0) is 12.8. The Bertz CT molecular complexity index is 492. The number of hydrogen-bond acceptors (Lipinski definition) is 2. The van der Waals surface area contributed by atoms with Crippen molar-refractivity contribution in [2.45, 2.75) is 20.1 Å². The van der Waals surface area contributed by atoms with Gasteiger partial charge in [-0.3, -0.25) is 0 Å². The monoisotopic (exact) mass is 242 g/mol. The Kier molecular flexibility index (Phi) is 4.37. The van der Waals surface area contributed by atoms with Gasteiger partial charge in [-0.05, 0) is 35.7 Å². The van der Waals surface area contributed by atoms with Crippen molar-refractivity contribution in [3.05, 3.63) is 65.2 Å². The van der Waals surface area contributed by atoms with Crippen molar-refractivity contribution >= 4 is 0 Å². The van der Waals surface area contributed by atoms with E-state index < -0.39 is 0 Å². The van der Waals surface area contributed by atoms with Crippen LogP contribution in [0.5, 0.6) is 5.75 Å². The molecule has 0 fully saturated rings. The van der Waals surface area contributed by atoms with Crippen molar-refractivity contribution < 1.29 is 9.47 Å². The molecule has 2 nitrogen and oxygen atoms in total. The third-order valence-corrected chi connectivity index (χ3v) is 2.93. The lowest BCUT2D eigenvalue weighted by atomic mass is 10.1. The van der Waals surface area contributed by atoms with Crippen LogP contribution in [0, 0.1) is 6.92 Å². The summed E-state index contributed by atoms with van der Waals surface area (Å²) in [6.07, 6.45) is 0. The van der Waals surface area contributed by atoms with Crippen LogP contribution in [0.25, 0.3) is 0 Å². The first-order chi connectivity index (χ1) is 8.79. The average molecular weight is 242 g/mol. The van der Waals surface area contributed by atoms with Gasteiger partial charge in [0.2, 0.25) is 0 Å². The van der Waals surface area contributed by atoms with Crippen LogP contribution in [0.3, 0.4) is 0 Å². The molecule has 0 aliphatic heterocycles. The molecule has 0 aliphatic carbocycles. The van der Waals surface area contributed by atoms with Crippen molar-refractivity contribution in [1.82, 2.24) is 0 Å². The molecule has 94 valence electrons. The number of ether oxygens (including phenoxy) is 2. The number of hydrogen-bond donors (Lipinski definition) is 0. The summed E-state index contributed by atoms with van der Waals surface area (Å²) in [4.78, 5) is 0. The maximum Gasteiger partial charge on any atom is 0.119 e. The Balaban J connectivity index is 1.94. The fourth-order valence-corrected chi connectivity index (χ4v) is 1.78. The molecule has 0 saturated heterocycles. The largest absolute Gasteiger partial charge is 0.497 e. The van der Waals surface area contributed by atoms with Crippen LogP contribution >= 0.6 is 0 Å². The second-order valence-electron chi connectivity index (χ2n) is 4.27. The van der Waals surface area contributed by atoms with E-state index in [4.69, 9.17) is 9.47 Å². The summed E-state index contributed by atoms with van der Waals surface area (Å²) < 4.78 is 10.9. The topological polar surface area (TPSA) is 18.5 Å². The third kappa shape index (κ3) is 3.34. The molecule has 0 heterocycles. The molecule has 0 spiro atoms. The average Bonchev–Trinajstić information content (AvgIpc) is 2.42. The van der Waals surface area contributed by atoms with Gasteiger partial charge in [0.05, 0.1) is 20.3 Å². The van der Waals surface area contributed by atoms with E-state index in [9.17, 15) is 0 Å². The van der Waals surface area contributed by atoms with Crippen molar-refractivity contribution in [2.75, 3.05) is 7.11 Å². The molecule has 0 unspecified atom stereocenters. The Hall–Kier alpha value is -1.80. The molecular formula is C16H18O2. The molecule has 0 saturated carbocycles. The zero-order valence-corrected chi connectivity index (χ0v) is 10.8. The molecule has 2 aromatic rings. The smallest absolute Gasteiger partial charge is 0.119 e. The summed E-state index contributed by atoms with van der Waals surface area (Å²) in [5.41, 5.74) is 3.59. The molecule has 0 amide bonds. The molecule has 0 bridgehead atoms. The highest BCUT2D eigenvalue weighted by Crippen LogP contribution is 2.18. The maximum absolute atomic E-state index is 5.73. The lowest BCUT2D eigenvalue weighted by Crippen LogP contribution is -1.97. The molecule has 0 aliphatic rings. The molecule has 0 aromatic heterocycles. The summed E-state index contributed by atoms with van der Waals surface area (Å²) in [5.74, 6) is 0.874. The van der Waals surface area contributed by atoms with Gasteiger partial charge in [0, 0.05) is 0 Å². The maximum atomic E-state index is 5.73. The molecule has 0 atom stereocenters. The standard InChI is InChI=1S/C16H18O2/c1-13-8-9-16(17-2)10-15(13)12-18-11-14-6-4-3-5-7-14/h3-10H,11-12H2,1-2H3. The van der Waals surface area contributed by atoms with E-state index in [1.54, 1.807) is 7.11 Å². The van der Waals surface area contributed by atoms with E-state index in [0.29, 0.717) is 13.2 Å². The predicted octanol–water partition coefficient (Wildman–Crippen LogP) is 3.72. The van der Waals surface area contributed by atoms with Crippen LogP contribution in [0.4, 0.5) is 0 Å². The quantitative estimate of drug-likeness (QED) is 0.795. The SMILES string of the molecule is COc1ccc(C)c(COCc2ccccc2)c1. The van der Waals surface area contributed by atoms with Gasteiger partial charge in [-0.25, -0.2) is 0 Å². The second kappa shape index (κ2) is 6.22. The highest BCUT2D eigenvalue weighted by Gasteiger charge is 2.01. The molecule has 2 heteroatoms. The minimum absolute atomic E-state index is 0.609. The minimum atomic E-state index is 0.609. The molecular weight excluding hydrogens is 224 g/mol. The van der Waals surface area contributed by atoms with Gasteiger partial charge in [0.25, 0.3) is 0 Å². The first-order valence-electron chi connectivity index (χ1n) is 6.05. The van der Waals surface area contributed by atoms with Crippen LogP contribution in [-0.4, -0.2) is 7.11 Å². The molecule has 2 aromatic carbocycles. The first-order valence-corrected chi connectivity index (χ1v) is 6.05. The molecule has 0 radical (unpaired) electrons. The summed E-state index contributed by atoms with van der Waals surface area (Å²) in [7, 11) is 1.68. The van der Waals surface area contributed by atoms with E-state index in [1.165, 1.54) is 16.7 Å². The number of rotatable bonds is 5. The van der Waals surface area contributed by atoms with E-state index in [-0.39, 0.29) is 0 Å². The first kappa shape index (κ1) is 12.7. The van der Waals surface area contributed by atoms with Crippen LogP contribution < -0.4 is 4.74 Å². The van der Waals surface area contributed by atoms with Gasteiger partial charge < -0.3 is 9.47 Å². The second-order valence-corrected chi connectivity index (χ2v) is 4.27. The predicted molar refractivity (Wildman–Crippen MR) is 72.7 cm³/mol. The Morgan fingerprint density at radius 2 is 1.72 bits per heavy atom. The highest BCUT2D eigenvalue weighted by molar-refractivity contribution is 5.34. The van der Waals surface area contributed by atoms with Crippen LogP contribution in [-0.2, 0) is 18.0 Å². The van der Waals surface area contributed by atoms with Crippen molar-refractivity contribution in [2.24, 2.45) is 0 Å². The summed E-state index contributed by atoms with van der Waals surface area (Å²) in [6, 6.07) is 16.2. The van der Waals surface area contributed by atoms with Crippen molar-refractivity contribution in [3.63, 3.8) is 0 Å². The van der Waals surface area contributed by atoms with E-state index in [0.717, 1.165) is 5.75 Å². The van der Waals surface area contributed by atoms with Crippen molar-refractivity contribution in [3.8, 4) is 5.75 Å². The van der Waals surface area contributed by atoms with Crippen LogP contribution in [0.2, 0.25) is 0 Å². The Morgan fingerprint density at radius 1 is 0.944 bits per heavy atom. The van der Waals surface area contributed by atoms with E-state index in [2.05, 4.69) is 25.1 Å². The summed E-state index contributed by atoms with van der Waals surface area (Å²) in [5, 5.41) is 0. The number of aryl methyl sites for hydroxylation is 1. The number of benzene rings is 2. The Labute approximate surface area is 108 Å². The van der Waals surface area contributed by atoms with Gasteiger partial charge in [-0.15, -0.1) is 0 Å². The van der Waals surface area contributed by atoms with E-state index >= 15 is 0 Å². The minimum Gasteiger partial charge on any atom is -0.497 e. The van der Waals surface area contributed by atoms with Crippen molar-refractivity contribution in [1.29, 1.82) is 0 Å².